The molecule has 0 atom stereocenters. The van der Waals surface area contributed by atoms with Crippen LogP contribution in [0.4, 0.5) is 14.5 Å². The minimum atomic E-state index is -3.03. The Morgan fingerprint density at radius 2 is 1.92 bits per heavy atom. The molecule has 1 aromatic rings. The zero-order valence-electron chi connectivity index (χ0n) is 13.8. The summed E-state index contributed by atoms with van der Waals surface area (Å²) in [5.74, 6) is -0.272. The lowest BCUT2D eigenvalue weighted by Crippen LogP contribution is -2.53. The van der Waals surface area contributed by atoms with Crippen molar-refractivity contribution < 1.29 is 17.2 Å². The van der Waals surface area contributed by atoms with Crippen molar-refractivity contribution in [2.24, 2.45) is 4.99 Å². The van der Waals surface area contributed by atoms with E-state index in [1.165, 1.54) is 12.3 Å². The third-order valence-corrected chi connectivity index (χ3v) is 4.74. The third-order valence-electron chi connectivity index (χ3n) is 3.80. The van der Waals surface area contributed by atoms with E-state index in [-0.39, 0.29) is 18.0 Å². The number of sulfone groups is 1. The molecule has 1 fully saturated rings. The van der Waals surface area contributed by atoms with Gasteiger partial charge in [0.05, 0.1) is 11.4 Å². The summed E-state index contributed by atoms with van der Waals surface area (Å²) in [4.78, 5) is 7.90. The Balaban J connectivity index is 1.92. The molecule has 1 aliphatic rings. The quantitative estimate of drug-likeness (QED) is 0.633. The summed E-state index contributed by atoms with van der Waals surface area (Å²) in [5.41, 5.74) is 0.259. The molecule has 0 saturated carbocycles. The Labute approximate surface area is 141 Å². The molecule has 0 aromatic heterocycles. The van der Waals surface area contributed by atoms with Gasteiger partial charge < -0.3 is 15.1 Å². The molecule has 1 aliphatic heterocycles. The maximum Gasteiger partial charge on any atom is 0.193 e. The molecular formula is C15H22F2N4O2S. The first kappa shape index (κ1) is 18.4. The minimum absolute atomic E-state index is 0.0283. The molecule has 0 radical (unpaired) electrons. The van der Waals surface area contributed by atoms with Gasteiger partial charge >= 0.3 is 0 Å². The summed E-state index contributed by atoms with van der Waals surface area (Å²) in [6.07, 6.45) is 1.18. The highest BCUT2D eigenvalue weighted by Crippen LogP contribution is 2.21. The average molecular weight is 360 g/mol. The van der Waals surface area contributed by atoms with Crippen molar-refractivity contribution in [3.05, 3.63) is 29.8 Å². The molecule has 0 aliphatic carbocycles. The van der Waals surface area contributed by atoms with Gasteiger partial charge in [-0.25, -0.2) is 17.2 Å². The number of nitrogens with one attached hydrogen (secondary N) is 1. The van der Waals surface area contributed by atoms with E-state index in [9.17, 15) is 17.2 Å². The summed E-state index contributed by atoms with van der Waals surface area (Å²) in [5, 5.41) is 3.01. The fourth-order valence-corrected chi connectivity index (χ4v) is 3.04. The summed E-state index contributed by atoms with van der Waals surface area (Å²) in [6, 6.07) is 3.43. The first-order chi connectivity index (χ1) is 11.3. The first-order valence-corrected chi connectivity index (χ1v) is 9.69. The van der Waals surface area contributed by atoms with Crippen LogP contribution in [0.5, 0.6) is 0 Å². The van der Waals surface area contributed by atoms with E-state index in [0.29, 0.717) is 32.1 Å². The number of rotatable bonds is 4. The van der Waals surface area contributed by atoms with Gasteiger partial charge in [0.2, 0.25) is 0 Å². The topological polar surface area (TPSA) is 65.0 Å². The van der Waals surface area contributed by atoms with Crippen LogP contribution in [0.2, 0.25) is 0 Å². The highest BCUT2D eigenvalue weighted by atomic mass is 32.2. The summed E-state index contributed by atoms with van der Waals surface area (Å²) in [7, 11) is -1.41. The van der Waals surface area contributed by atoms with Crippen molar-refractivity contribution in [1.82, 2.24) is 10.2 Å². The van der Waals surface area contributed by atoms with Crippen molar-refractivity contribution in [2.75, 3.05) is 56.7 Å². The standard InChI is InChI=1S/C15H22F2N4O2S/c1-18-15(19-5-10-24(2,22)23)21-8-6-20(7-9-21)14-11-12(16)3-4-13(14)17/h3-4,11H,5-10H2,1-2H3,(H,18,19). The number of hydrogen-bond donors (Lipinski definition) is 1. The van der Waals surface area contributed by atoms with Crippen LogP contribution in [0.1, 0.15) is 0 Å². The van der Waals surface area contributed by atoms with Crippen LogP contribution in [-0.4, -0.2) is 71.1 Å². The number of guanidine groups is 1. The third kappa shape index (κ3) is 5.05. The van der Waals surface area contributed by atoms with Crippen molar-refractivity contribution in [3.8, 4) is 0 Å². The summed E-state index contributed by atoms with van der Waals surface area (Å²) >= 11 is 0. The lowest BCUT2D eigenvalue weighted by molar-refractivity contribution is 0.371. The fourth-order valence-electron chi connectivity index (χ4n) is 2.57. The van der Waals surface area contributed by atoms with E-state index in [1.54, 1.807) is 11.9 Å². The number of anilines is 1. The van der Waals surface area contributed by atoms with Crippen LogP contribution >= 0.6 is 0 Å². The predicted octanol–water partition coefficient (Wildman–Crippen LogP) is 0.707. The van der Waals surface area contributed by atoms with Gasteiger partial charge in [-0.15, -0.1) is 0 Å². The number of halogens is 2. The maximum absolute atomic E-state index is 13.8. The van der Waals surface area contributed by atoms with E-state index < -0.39 is 21.5 Å². The molecule has 9 heteroatoms. The highest BCUT2D eigenvalue weighted by molar-refractivity contribution is 7.90. The largest absolute Gasteiger partial charge is 0.366 e. The smallest absolute Gasteiger partial charge is 0.193 e. The lowest BCUT2D eigenvalue weighted by atomic mass is 10.2. The van der Waals surface area contributed by atoms with Crippen LogP contribution in [0.25, 0.3) is 0 Å². The van der Waals surface area contributed by atoms with E-state index in [2.05, 4.69) is 10.3 Å². The average Bonchev–Trinajstić information content (AvgIpc) is 2.53. The fraction of sp³-hybridized carbons (Fsp3) is 0.533. The van der Waals surface area contributed by atoms with E-state index in [1.807, 2.05) is 4.90 Å². The van der Waals surface area contributed by atoms with Crippen LogP contribution < -0.4 is 10.2 Å². The SMILES string of the molecule is CN=C(NCCS(C)(=O)=O)N1CCN(c2cc(F)ccc2F)CC1. The number of piperazine rings is 1. The molecule has 0 amide bonds. The van der Waals surface area contributed by atoms with Gasteiger partial charge in [-0.2, -0.15) is 0 Å². The molecule has 2 rings (SSSR count). The molecule has 1 N–H and O–H groups in total. The molecule has 0 bridgehead atoms. The second-order valence-electron chi connectivity index (χ2n) is 5.67. The van der Waals surface area contributed by atoms with Crippen molar-refractivity contribution >= 4 is 21.5 Å². The van der Waals surface area contributed by atoms with Crippen molar-refractivity contribution in [3.63, 3.8) is 0 Å². The molecule has 1 saturated heterocycles. The Hall–Kier alpha value is -1.90. The second kappa shape index (κ2) is 7.78. The zero-order chi connectivity index (χ0) is 17.7. The van der Waals surface area contributed by atoms with Crippen molar-refractivity contribution in [1.29, 1.82) is 0 Å². The molecule has 24 heavy (non-hydrogen) atoms. The Bertz CT molecular complexity index is 701. The molecule has 6 nitrogen and oxygen atoms in total. The summed E-state index contributed by atoms with van der Waals surface area (Å²) in [6.45, 7) is 2.48. The first-order valence-electron chi connectivity index (χ1n) is 7.63. The normalized spacial score (nSPS) is 16.4. The van der Waals surface area contributed by atoms with Gasteiger partial charge in [0.15, 0.2) is 5.96 Å². The van der Waals surface area contributed by atoms with E-state index >= 15 is 0 Å². The summed E-state index contributed by atoms with van der Waals surface area (Å²) < 4.78 is 49.5. The number of aliphatic imine (C=N–C) groups is 1. The van der Waals surface area contributed by atoms with Gasteiger partial charge in [-0.3, -0.25) is 4.99 Å². The predicted molar refractivity (Wildman–Crippen MR) is 91.2 cm³/mol. The molecule has 1 aromatic carbocycles. The number of hydrogen-bond acceptors (Lipinski definition) is 4. The Morgan fingerprint density at radius 3 is 2.50 bits per heavy atom. The van der Waals surface area contributed by atoms with Gasteiger partial charge in [0, 0.05) is 52.1 Å². The Morgan fingerprint density at radius 1 is 1.25 bits per heavy atom. The number of benzene rings is 1. The highest BCUT2D eigenvalue weighted by Gasteiger charge is 2.22. The zero-order valence-corrected chi connectivity index (χ0v) is 14.6. The van der Waals surface area contributed by atoms with E-state index in [4.69, 9.17) is 0 Å². The van der Waals surface area contributed by atoms with Gasteiger partial charge in [-0.1, -0.05) is 0 Å². The maximum atomic E-state index is 13.8. The molecule has 1 heterocycles. The monoisotopic (exact) mass is 360 g/mol. The van der Waals surface area contributed by atoms with Gasteiger partial charge in [0.1, 0.15) is 21.5 Å². The Kier molecular flexibility index (Phi) is 5.98. The molecule has 0 spiro atoms. The number of nitrogens with zero attached hydrogens (tertiary/aromatic N) is 3. The molecule has 0 unspecified atom stereocenters. The lowest BCUT2D eigenvalue weighted by Gasteiger charge is -2.37. The molecule has 134 valence electrons. The van der Waals surface area contributed by atoms with Crippen LogP contribution in [0.15, 0.2) is 23.2 Å². The van der Waals surface area contributed by atoms with Crippen LogP contribution in [-0.2, 0) is 9.84 Å². The van der Waals surface area contributed by atoms with Gasteiger partial charge in [0.25, 0.3) is 0 Å². The van der Waals surface area contributed by atoms with Crippen LogP contribution in [0.3, 0.4) is 0 Å². The van der Waals surface area contributed by atoms with Crippen molar-refractivity contribution in [2.45, 2.75) is 0 Å². The molecular weight excluding hydrogens is 338 g/mol. The second-order valence-corrected chi connectivity index (χ2v) is 7.93. The van der Waals surface area contributed by atoms with Crippen LogP contribution in [0, 0.1) is 11.6 Å². The van der Waals surface area contributed by atoms with Gasteiger partial charge in [-0.05, 0) is 12.1 Å². The van der Waals surface area contributed by atoms with E-state index in [0.717, 1.165) is 12.1 Å². The minimum Gasteiger partial charge on any atom is -0.366 e.